The van der Waals surface area contributed by atoms with Gasteiger partial charge in [-0.25, -0.2) is 0 Å². The molecule has 1 aliphatic carbocycles. The summed E-state index contributed by atoms with van der Waals surface area (Å²) in [5.41, 5.74) is 1.86. The molecule has 1 aromatic rings. The average Bonchev–Trinajstić information content (AvgIpc) is 3.01. The highest BCUT2D eigenvalue weighted by Crippen LogP contribution is 2.38. The van der Waals surface area contributed by atoms with Crippen molar-refractivity contribution in [3.8, 4) is 11.8 Å². The van der Waals surface area contributed by atoms with Crippen molar-refractivity contribution in [2.75, 3.05) is 13.7 Å². The van der Waals surface area contributed by atoms with Crippen LogP contribution in [0.25, 0.3) is 0 Å². The van der Waals surface area contributed by atoms with E-state index in [1.165, 1.54) is 25.8 Å². The van der Waals surface area contributed by atoms with Gasteiger partial charge in [-0.05, 0) is 43.4 Å². The van der Waals surface area contributed by atoms with E-state index in [0.29, 0.717) is 0 Å². The van der Waals surface area contributed by atoms with Crippen molar-refractivity contribution in [1.29, 1.82) is 5.26 Å². The van der Waals surface area contributed by atoms with Gasteiger partial charge in [-0.3, -0.25) is 4.90 Å². The molecule has 2 unspecified atom stereocenters. The van der Waals surface area contributed by atoms with Gasteiger partial charge in [-0.1, -0.05) is 0 Å². The molecule has 2 bridgehead atoms. The molecule has 3 rings (SSSR count). The molecule has 0 radical (unpaired) electrons. The van der Waals surface area contributed by atoms with Crippen LogP contribution in [0.5, 0.6) is 5.75 Å². The zero-order valence-corrected chi connectivity index (χ0v) is 10.7. The van der Waals surface area contributed by atoms with E-state index in [-0.39, 0.29) is 0 Å². The molecule has 2 fully saturated rings. The van der Waals surface area contributed by atoms with E-state index >= 15 is 0 Å². The lowest BCUT2D eigenvalue weighted by Gasteiger charge is -2.27. The third-order valence-corrected chi connectivity index (χ3v) is 4.31. The molecule has 1 heterocycles. The molecular weight excluding hydrogens is 224 g/mol. The summed E-state index contributed by atoms with van der Waals surface area (Å²) in [7, 11) is 1.70. The number of hydrogen-bond acceptors (Lipinski definition) is 3. The first kappa shape index (κ1) is 11.6. The molecule has 1 aromatic carbocycles. The van der Waals surface area contributed by atoms with Crippen LogP contribution in [0.1, 0.15) is 30.4 Å². The molecule has 1 saturated carbocycles. The number of hydrogen-bond donors (Lipinski definition) is 0. The van der Waals surface area contributed by atoms with Crippen LogP contribution < -0.4 is 4.74 Å². The van der Waals surface area contributed by atoms with Crippen LogP contribution in [0.2, 0.25) is 0 Å². The van der Waals surface area contributed by atoms with E-state index in [1.807, 2.05) is 18.2 Å². The van der Waals surface area contributed by atoms with Crippen molar-refractivity contribution < 1.29 is 4.74 Å². The van der Waals surface area contributed by atoms with Crippen LogP contribution in [0.3, 0.4) is 0 Å². The Labute approximate surface area is 108 Å². The lowest BCUT2D eigenvalue weighted by molar-refractivity contribution is 0.203. The van der Waals surface area contributed by atoms with Crippen LogP contribution in [0.15, 0.2) is 18.2 Å². The maximum absolute atomic E-state index is 8.99. The van der Waals surface area contributed by atoms with Gasteiger partial charge in [0.05, 0.1) is 18.7 Å². The Morgan fingerprint density at radius 2 is 2.33 bits per heavy atom. The van der Waals surface area contributed by atoms with Crippen LogP contribution in [-0.2, 0) is 6.54 Å². The number of piperidine rings is 1. The van der Waals surface area contributed by atoms with Gasteiger partial charge in [-0.15, -0.1) is 0 Å². The number of nitrogens with zero attached hydrogens (tertiary/aromatic N) is 2. The molecule has 0 aromatic heterocycles. The van der Waals surface area contributed by atoms with Crippen molar-refractivity contribution in [3.63, 3.8) is 0 Å². The molecule has 18 heavy (non-hydrogen) atoms. The Morgan fingerprint density at radius 3 is 2.94 bits per heavy atom. The Bertz CT molecular complexity index is 492. The predicted octanol–water partition coefficient (Wildman–Crippen LogP) is 2.55. The van der Waals surface area contributed by atoms with Gasteiger partial charge < -0.3 is 4.74 Å². The smallest absolute Gasteiger partial charge is 0.123 e. The maximum atomic E-state index is 8.99. The molecule has 2 atom stereocenters. The first-order valence-corrected chi connectivity index (χ1v) is 6.61. The first-order chi connectivity index (χ1) is 8.80. The van der Waals surface area contributed by atoms with Crippen molar-refractivity contribution in [1.82, 2.24) is 4.90 Å². The highest BCUT2D eigenvalue weighted by Gasteiger charge is 2.37. The van der Waals surface area contributed by atoms with E-state index in [4.69, 9.17) is 10.00 Å². The summed E-state index contributed by atoms with van der Waals surface area (Å²) in [5, 5.41) is 8.99. The van der Waals surface area contributed by atoms with Crippen molar-refractivity contribution in [2.24, 2.45) is 5.92 Å². The Morgan fingerprint density at radius 1 is 1.44 bits per heavy atom. The van der Waals surface area contributed by atoms with E-state index in [2.05, 4.69) is 11.0 Å². The molecule has 94 valence electrons. The molecule has 0 N–H and O–H groups in total. The quantitative estimate of drug-likeness (QED) is 0.817. The second-order valence-corrected chi connectivity index (χ2v) is 5.40. The number of benzene rings is 1. The number of fused-ring (bicyclic) bond motifs is 2. The monoisotopic (exact) mass is 242 g/mol. The fourth-order valence-electron chi connectivity index (χ4n) is 3.41. The number of likely N-dealkylation sites (tertiary alicyclic amines) is 1. The minimum atomic E-state index is 0.718. The summed E-state index contributed by atoms with van der Waals surface area (Å²) < 4.78 is 5.40. The minimum absolute atomic E-state index is 0.718. The fourth-order valence-corrected chi connectivity index (χ4v) is 3.41. The summed E-state index contributed by atoms with van der Waals surface area (Å²) >= 11 is 0. The van der Waals surface area contributed by atoms with E-state index in [0.717, 1.165) is 35.4 Å². The van der Waals surface area contributed by atoms with E-state index < -0.39 is 0 Å². The summed E-state index contributed by atoms with van der Waals surface area (Å²) in [4.78, 5) is 2.55. The standard InChI is InChI=1S/C15H18N2O/c1-18-15-5-3-11(8-16)6-13(15)10-17-9-12-2-4-14(17)7-12/h3,5-6,12,14H,2,4,7,9-10H2,1H3. The van der Waals surface area contributed by atoms with Crippen LogP contribution in [0, 0.1) is 17.2 Å². The second-order valence-electron chi connectivity index (χ2n) is 5.40. The van der Waals surface area contributed by atoms with Gasteiger partial charge in [0.2, 0.25) is 0 Å². The molecule has 2 aliphatic rings. The maximum Gasteiger partial charge on any atom is 0.123 e. The van der Waals surface area contributed by atoms with Gasteiger partial charge >= 0.3 is 0 Å². The first-order valence-electron chi connectivity index (χ1n) is 6.61. The second kappa shape index (κ2) is 4.62. The normalized spacial score (nSPS) is 26.2. The summed E-state index contributed by atoms with van der Waals surface area (Å²) in [6.45, 7) is 2.13. The number of ether oxygens (including phenoxy) is 1. The van der Waals surface area contributed by atoms with Crippen LogP contribution in [-0.4, -0.2) is 24.6 Å². The zero-order chi connectivity index (χ0) is 12.5. The average molecular weight is 242 g/mol. The molecule has 3 heteroatoms. The van der Waals surface area contributed by atoms with Gasteiger partial charge in [-0.2, -0.15) is 5.26 Å². The van der Waals surface area contributed by atoms with Gasteiger partial charge in [0.25, 0.3) is 0 Å². The minimum Gasteiger partial charge on any atom is -0.496 e. The van der Waals surface area contributed by atoms with Gasteiger partial charge in [0.15, 0.2) is 0 Å². The highest BCUT2D eigenvalue weighted by molar-refractivity contribution is 5.42. The summed E-state index contributed by atoms with van der Waals surface area (Å²) in [6.07, 6.45) is 4.10. The topological polar surface area (TPSA) is 36.3 Å². The van der Waals surface area contributed by atoms with Crippen LogP contribution in [0.4, 0.5) is 0 Å². The lowest BCUT2D eigenvalue weighted by atomic mass is 10.1. The van der Waals surface area contributed by atoms with Crippen molar-refractivity contribution >= 4 is 0 Å². The van der Waals surface area contributed by atoms with Crippen molar-refractivity contribution in [3.05, 3.63) is 29.3 Å². The molecule has 0 spiro atoms. The van der Waals surface area contributed by atoms with Crippen molar-refractivity contribution in [2.45, 2.75) is 31.8 Å². The number of methoxy groups -OCH3 is 1. The van der Waals surface area contributed by atoms with Gasteiger partial charge in [0, 0.05) is 24.7 Å². The SMILES string of the molecule is COc1ccc(C#N)cc1CN1CC2CCC1C2. The Kier molecular flexibility index (Phi) is 2.97. The van der Waals surface area contributed by atoms with E-state index in [1.54, 1.807) is 7.11 Å². The Balaban J connectivity index is 1.81. The van der Waals surface area contributed by atoms with Crippen LogP contribution >= 0.6 is 0 Å². The summed E-state index contributed by atoms with van der Waals surface area (Å²) in [6, 6.07) is 8.64. The summed E-state index contributed by atoms with van der Waals surface area (Å²) in [5.74, 6) is 1.80. The third-order valence-electron chi connectivity index (χ3n) is 4.31. The number of rotatable bonds is 3. The molecule has 3 nitrogen and oxygen atoms in total. The zero-order valence-electron chi connectivity index (χ0n) is 10.7. The largest absolute Gasteiger partial charge is 0.496 e. The van der Waals surface area contributed by atoms with E-state index in [9.17, 15) is 0 Å². The molecular formula is C15H18N2O. The predicted molar refractivity (Wildman–Crippen MR) is 69.2 cm³/mol. The highest BCUT2D eigenvalue weighted by atomic mass is 16.5. The number of nitriles is 1. The van der Waals surface area contributed by atoms with Gasteiger partial charge in [0.1, 0.15) is 5.75 Å². The molecule has 0 amide bonds. The molecule has 1 aliphatic heterocycles. The fraction of sp³-hybridized carbons (Fsp3) is 0.533. The lowest BCUT2D eigenvalue weighted by Crippen LogP contribution is -2.31. The Hall–Kier alpha value is -1.53. The molecule has 1 saturated heterocycles. The third kappa shape index (κ3) is 1.97.